The summed E-state index contributed by atoms with van der Waals surface area (Å²) in [5, 5.41) is 50.6. The van der Waals surface area contributed by atoms with Crippen LogP contribution in [0, 0.1) is 25.6 Å². The minimum atomic E-state index is -0.396. The number of nitrogens with zero attached hydrogens (tertiary/aromatic N) is 10. The minimum absolute atomic E-state index is 0. The van der Waals surface area contributed by atoms with Crippen LogP contribution in [0.5, 0.6) is 0 Å². The number of hydrogen-bond acceptors (Lipinski definition) is 19. The summed E-state index contributed by atoms with van der Waals surface area (Å²) in [5.74, 6) is 8.55. The van der Waals surface area contributed by atoms with Gasteiger partial charge >= 0.3 is 0 Å². The van der Waals surface area contributed by atoms with Gasteiger partial charge in [0.1, 0.15) is 10.9 Å². The molecule has 14 rings (SSSR count). The molecule has 0 unspecified atom stereocenters. The monoisotopic (exact) mass is 1540 g/mol. The van der Waals surface area contributed by atoms with E-state index in [1.54, 1.807) is 97.2 Å². The first-order valence-electron chi connectivity index (χ1n) is 29.2. The number of benzene rings is 4. The molecular weight excluding hydrogens is 1460 g/mol. The van der Waals surface area contributed by atoms with E-state index < -0.39 is 4.92 Å². The topological polar surface area (TPSA) is 353 Å². The van der Waals surface area contributed by atoms with Gasteiger partial charge in [-0.3, -0.25) is 57.3 Å². The molecule has 97 heavy (non-hydrogen) atoms. The van der Waals surface area contributed by atoms with Gasteiger partial charge < -0.3 is 45.9 Å². The average molecular weight is 1540 g/mol. The van der Waals surface area contributed by atoms with Gasteiger partial charge in [-0.2, -0.15) is 0 Å². The molecule has 502 valence electrons. The fraction of sp³-hybridized carbons (Fsp3) is 0.101. The second-order valence-electron chi connectivity index (χ2n) is 19.4. The minimum Gasteiger partial charge on any atom is -0.399 e. The van der Waals surface area contributed by atoms with Crippen molar-refractivity contribution in [2.24, 2.45) is 22.4 Å². The number of aliphatic hydroxyl groups is 1. The summed E-state index contributed by atoms with van der Waals surface area (Å²) < 4.78 is 7.18. The van der Waals surface area contributed by atoms with E-state index >= 15 is 0 Å². The molecule has 0 aliphatic carbocycles. The Labute approximate surface area is 598 Å². The van der Waals surface area contributed by atoms with Crippen LogP contribution in [-0.2, 0) is 0 Å². The molecule has 0 aliphatic rings. The Morgan fingerprint density at radius 2 is 1.06 bits per heavy atom. The number of non-ortho nitro benzene ring substituents is 2. The van der Waals surface area contributed by atoms with Crippen LogP contribution in [0.15, 0.2) is 264 Å². The van der Waals surface area contributed by atoms with E-state index in [2.05, 4.69) is 95.5 Å². The Morgan fingerprint density at radius 1 is 0.619 bits per heavy atom. The zero-order valence-corrected chi connectivity index (χ0v) is 59.6. The molecule has 10 aromatic heterocycles. The summed E-state index contributed by atoms with van der Waals surface area (Å²) in [6.07, 6.45) is 23.8. The molecule has 0 fully saturated rings. The number of H-pyrrole nitrogens is 1. The number of amidine groups is 1. The normalized spacial score (nSPS) is 10.2. The molecule has 14 aromatic rings. The molecule has 0 spiro atoms. The van der Waals surface area contributed by atoms with Gasteiger partial charge in [0.15, 0.2) is 0 Å². The Hall–Kier alpha value is -9.86. The van der Waals surface area contributed by atoms with Gasteiger partial charge in [-0.15, -0.1) is 58.4 Å². The van der Waals surface area contributed by atoms with E-state index in [1.807, 2.05) is 182 Å². The second kappa shape index (κ2) is 42.5. The molecule has 23 nitrogen and oxygen atoms in total. The second-order valence-corrected chi connectivity index (χ2v) is 23.1. The molecule has 4 aromatic carbocycles. The highest BCUT2D eigenvalue weighted by Gasteiger charge is 2.11. The lowest BCUT2D eigenvalue weighted by Crippen LogP contribution is -2.21. The van der Waals surface area contributed by atoms with Crippen LogP contribution in [0.4, 0.5) is 22.7 Å². The quantitative estimate of drug-likeness (QED) is 0.00849. The van der Waals surface area contributed by atoms with Crippen LogP contribution in [0.2, 0.25) is 0 Å². The highest BCUT2D eigenvalue weighted by atomic mass is 127. The zero-order valence-electron chi connectivity index (χ0n) is 53.2. The molecular formula is C69H74BrIN18O5S3. The van der Waals surface area contributed by atoms with Crippen LogP contribution in [0.1, 0.15) is 16.7 Å². The summed E-state index contributed by atoms with van der Waals surface area (Å²) in [6, 6.07) is 52.8. The van der Waals surface area contributed by atoms with Crippen molar-refractivity contribution in [2.75, 3.05) is 45.8 Å². The maximum Gasteiger partial charge on any atom is 0.270 e. The van der Waals surface area contributed by atoms with Crippen molar-refractivity contribution in [1.82, 2.24) is 49.3 Å². The van der Waals surface area contributed by atoms with Crippen molar-refractivity contribution in [3.8, 4) is 17.1 Å². The predicted octanol–water partition coefficient (Wildman–Crippen LogP) is 14.9. The summed E-state index contributed by atoms with van der Waals surface area (Å²) in [4.78, 5) is 46.0. The molecule has 10 heterocycles. The van der Waals surface area contributed by atoms with Crippen molar-refractivity contribution in [3.63, 3.8) is 0 Å². The Kier molecular flexibility index (Phi) is 34.1. The number of fused-ring (bicyclic) bond motifs is 4. The van der Waals surface area contributed by atoms with Crippen LogP contribution in [0.3, 0.4) is 0 Å². The summed E-state index contributed by atoms with van der Waals surface area (Å²) in [7, 11) is 3.88. The number of nitro groups is 2. The van der Waals surface area contributed by atoms with Gasteiger partial charge in [0.25, 0.3) is 11.4 Å². The highest BCUT2D eigenvalue weighted by molar-refractivity contribution is 14.0. The van der Waals surface area contributed by atoms with Gasteiger partial charge in [-0.25, -0.2) is 4.99 Å². The lowest BCUT2D eigenvalue weighted by atomic mass is 10.2. The number of pyridine rings is 4. The third kappa shape index (κ3) is 24.4. The first kappa shape index (κ1) is 77.8. The standard InChI is InChI=1S/C18H14N4S.C13H9N3O2.C13H11N3.C8H6N2O2.C6H7NS2.C5H4BrN.C4H12N2.C2H6O.HI.H4N2/c19-18(17-4-2-10-23-17)21-14-5-6-16-13(11-14)7-9-22(16)15-3-1-8-20-12-15;17-16(18)11-3-4-13-10(8-11)5-7-15(13)12-2-1-6-14-9-12;14-11-3-4-13-10(8-11)5-7-16(13)12-2-1-6-15-9-12;11-10(12)7-1-2-8-6(5-7)3-4-9-8;1-8-6(7)5-3-2-4-9-5;6-5-2-1-3-7-4-5;1-5-3-4-6-2;1-2-3;;1-2/h1-12H,(H2,19,21);1-9H;1-9H,14H2;1-5,9H;2-4,7H,1H3;1-4H;5-6H,3-4H2,1-2H3;3H,2H2,1H3;1H;1-2H2. The Balaban J connectivity index is 0.000000210. The van der Waals surface area contributed by atoms with Crippen molar-refractivity contribution >= 4 is 152 Å². The number of aliphatic imine (C=N–C) groups is 1. The molecule has 0 amide bonds. The summed E-state index contributed by atoms with van der Waals surface area (Å²) in [6.45, 7) is 4.03. The number of likely N-dealkylation sites (N-methyl/N-ethyl adjacent to an activating group) is 2. The van der Waals surface area contributed by atoms with Gasteiger partial charge in [0.05, 0.1) is 77.5 Å². The van der Waals surface area contributed by atoms with E-state index in [-0.39, 0.29) is 46.9 Å². The van der Waals surface area contributed by atoms with Crippen LogP contribution in [0.25, 0.3) is 60.7 Å². The van der Waals surface area contributed by atoms with Crippen LogP contribution < -0.4 is 33.8 Å². The Morgan fingerprint density at radius 3 is 1.48 bits per heavy atom. The zero-order chi connectivity index (χ0) is 69.0. The molecule has 28 heteroatoms. The number of halogens is 2. The van der Waals surface area contributed by atoms with Crippen LogP contribution >= 0.6 is 74.3 Å². The number of nitrogens with two attached hydrogens (primary N) is 4. The smallest absolute Gasteiger partial charge is 0.270 e. The largest absolute Gasteiger partial charge is 0.399 e. The number of hydrogen-bond donors (Lipinski definition) is 9. The number of thioether (sulfide) groups is 1. The summed E-state index contributed by atoms with van der Waals surface area (Å²) in [5.41, 5.74) is 20.8. The lowest BCUT2D eigenvalue weighted by molar-refractivity contribution is -0.384. The third-order valence-corrected chi connectivity index (χ3v) is 16.0. The Bertz CT molecular complexity index is 4600. The number of nitrogen functional groups attached to an aromatic ring is 1. The number of rotatable bonds is 11. The number of hydrazine groups is 1. The van der Waals surface area contributed by atoms with Crippen molar-refractivity contribution in [3.05, 3.63) is 289 Å². The maximum atomic E-state index is 10.7. The molecule has 0 aliphatic heterocycles. The number of aromatic amines is 1. The van der Waals surface area contributed by atoms with E-state index in [9.17, 15) is 20.2 Å². The fourth-order valence-corrected chi connectivity index (χ4v) is 10.8. The molecule has 13 N–H and O–H groups in total. The molecule has 0 atom stereocenters. The van der Waals surface area contributed by atoms with Crippen molar-refractivity contribution in [2.45, 2.75) is 6.92 Å². The molecule has 0 saturated carbocycles. The van der Waals surface area contributed by atoms with Gasteiger partial charge in [0, 0.05) is 137 Å². The van der Waals surface area contributed by atoms with Crippen LogP contribution in [-0.4, -0.2) is 105 Å². The SMILES string of the molecule is Brc1cccnc1.CCO.CNCCNC.CSC(=N)c1cccs1.I.NC(=Nc1ccc2c(ccn2-c2cccnc2)c1)c1cccs1.NN.Nc1ccc2c(ccn2-c2cccnc2)c1.O=[N+]([O-])c1ccc2[nH]ccc2c1.O=[N+]([O-])c1ccc2c(ccn2-c2cccnc2)c1. The number of aromatic nitrogens is 8. The van der Waals surface area contributed by atoms with Gasteiger partial charge in [0.2, 0.25) is 0 Å². The van der Waals surface area contributed by atoms with E-state index in [0.29, 0.717) is 10.9 Å². The van der Waals surface area contributed by atoms with E-state index in [4.69, 9.17) is 22.0 Å². The number of nitro benzene ring substituents is 2. The number of anilines is 1. The molecule has 0 bridgehead atoms. The first-order chi connectivity index (χ1) is 46.7. The number of nitrogens with one attached hydrogen (secondary N) is 4. The number of thiophene rings is 2. The molecule has 0 saturated heterocycles. The van der Waals surface area contributed by atoms with E-state index in [0.717, 1.165) is 99.4 Å². The maximum absolute atomic E-state index is 10.7. The number of aliphatic hydroxyl groups excluding tert-OH is 1. The fourth-order valence-electron chi connectivity index (χ4n) is 8.64. The first-order valence-corrected chi connectivity index (χ1v) is 33.0. The predicted molar refractivity (Wildman–Crippen MR) is 415 cm³/mol. The van der Waals surface area contributed by atoms with Gasteiger partial charge in [-0.05, 0) is 187 Å². The summed E-state index contributed by atoms with van der Waals surface area (Å²) >= 11 is 7.92. The lowest BCUT2D eigenvalue weighted by Gasteiger charge is -2.05. The third-order valence-electron chi connectivity index (χ3n) is 13.0. The van der Waals surface area contributed by atoms with E-state index in [1.165, 1.54) is 23.9 Å². The average Bonchev–Trinajstić information content (AvgIpc) is 1.71. The molecule has 0 radical (unpaired) electrons. The van der Waals surface area contributed by atoms with Crippen molar-refractivity contribution in [1.29, 1.82) is 5.41 Å². The van der Waals surface area contributed by atoms with Gasteiger partial charge in [-0.1, -0.05) is 12.1 Å². The van der Waals surface area contributed by atoms with Crippen molar-refractivity contribution < 1.29 is 15.0 Å². The highest BCUT2D eigenvalue weighted by Crippen LogP contribution is 2.28.